The molecule has 6 heteroatoms. The summed E-state index contributed by atoms with van der Waals surface area (Å²) in [5.74, 6) is 0.881. The van der Waals surface area contributed by atoms with Gasteiger partial charge in [-0.1, -0.05) is 0 Å². The summed E-state index contributed by atoms with van der Waals surface area (Å²) in [6, 6.07) is 2.54. The van der Waals surface area contributed by atoms with Crippen molar-refractivity contribution in [3.8, 4) is 11.5 Å². The Labute approximate surface area is 92.1 Å². The van der Waals surface area contributed by atoms with Gasteiger partial charge in [0, 0.05) is 18.5 Å². The van der Waals surface area contributed by atoms with Crippen LogP contribution in [0.2, 0.25) is 0 Å². The van der Waals surface area contributed by atoms with Crippen molar-refractivity contribution in [2.45, 2.75) is 12.5 Å². The van der Waals surface area contributed by atoms with Crippen LogP contribution in [0.15, 0.2) is 12.1 Å². The fraction of sp³-hybridized carbons (Fsp3) is 0.400. The summed E-state index contributed by atoms with van der Waals surface area (Å²) in [7, 11) is 1.49. The second-order valence-electron chi connectivity index (χ2n) is 3.53. The minimum atomic E-state index is -0.452. The first-order valence-corrected chi connectivity index (χ1v) is 4.88. The number of nitro benzene ring substituents is 1. The number of nitro groups is 1. The molecule has 2 rings (SSSR count). The molecule has 0 radical (unpaired) electrons. The van der Waals surface area contributed by atoms with Gasteiger partial charge in [-0.15, -0.1) is 0 Å². The number of nitrogens with zero attached hydrogens (tertiary/aromatic N) is 1. The van der Waals surface area contributed by atoms with E-state index in [1.807, 2.05) is 0 Å². The number of nitrogens with two attached hydrogens (primary N) is 1. The van der Waals surface area contributed by atoms with Crippen LogP contribution in [0.4, 0.5) is 5.69 Å². The molecule has 2 N–H and O–H groups in total. The monoisotopic (exact) mass is 224 g/mol. The molecule has 0 aromatic heterocycles. The molecule has 0 saturated heterocycles. The van der Waals surface area contributed by atoms with Crippen molar-refractivity contribution in [2.75, 3.05) is 13.7 Å². The van der Waals surface area contributed by atoms with Gasteiger partial charge in [0.05, 0.1) is 24.2 Å². The van der Waals surface area contributed by atoms with Gasteiger partial charge in [-0.3, -0.25) is 10.1 Å². The molecule has 0 fully saturated rings. The van der Waals surface area contributed by atoms with Gasteiger partial charge < -0.3 is 15.2 Å². The highest BCUT2D eigenvalue weighted by Gasteiger charge is 2.30. The Kier molecular flexibility index (Phi) is 2.66. The zero-order valence-electron chi connectivity index (χ0n) is 8.80. The topological polar surface area (TPSA) is 87.6 Å². The molecule has 1 aromatic rings. The van der Waals surface area contributed by atoms with Crippen LogP contribution in [0, 0.1) is 10.1 Å². The molecule has 1 aliphatic rings. The largest absolute Gasteiger partial charge is 0.493 e. The van der Waals surface area contributed by atoms with E-state index in [2.05, 4.69) is 0 Å². The third-order valence-electron chi connectivity index (χ3n) is 2.60. The van der Waals surface area contributed by atoms with E-state index in [0.717, 1.165) is 0 Å². The zero-order valence-corrected chi connectivity index (χ0v) is 8.80. The second-order valence-corrected chi connectivity index (χ2v) is 3.53. The Morgan fingerprint density at radius 2 is 2.38 bits per heavy atom. The van der Waals surface area contributed by atoms with Crippen molar-refractivity contribution in [2.24, 2.45) is 5.73 Å². The van der Waals surface area contributed by atoms with Crippen LogP contribution in [-0.2, 0) is 0 Å². The molecule has 1 heterocycles. The maximum atomic E-state index is 10.9. The number of methoxy groups -OCH3 is 1. The lowest BCUT2D eigenvalue weighted by atomic mass is 9.99. The normalized spacial score (nSPS) is 18.5. The maximum absolute atomic E-state index is 10.9. The van der Waals surface area contributed by atoms with Gasteiger partial charge in [0.1, 0.15) is 0 Å². The second kappa shape index (κ2) is 3.97. The number of benzene rings is 1. The number of ether oxygens (including phenoxy) is 2. The highest BCUT2D eigenvalue weighted by Crippen LogP contribution is 2.43. The van der Waals surface area contributed by atoms with Crippen LogP contribution in [0.3, 0.4) is 0 Å². The summed E-state index contributed by atoms with van der Waals surface area (Å²) in [6.07, 6.45) is 0.570. The predicted octanol–water partition coefficient (Wildman–Crippen LogP) is 1.39. The molecule has 0 aliphatic carbocycles. The van der Waals surface area contributed by atoms with Gasteiger partial charge in [-0.05, 0) is 6.07 Å². The maximum Gasteiger partial charge on any atom is 0.278 e. The van der Waals surface area contributed by atoms with Crippen LogP contribution in [0.25, 0.3) is 0 Å². The zero-order chi connectivity index (χ0) is 11.7. The van der Waals surface area contributed by atoms with Gasteiger partial charge in [0.25, 0.3) is 5.69 Å². The van der Waals surface area contributed by atoms with Crippen molar-refractivity contribution < 1.29 is 14.4 Å². The Balaban J connectivity index is 2.63. The summed E-state index contributed by atoms with van der Waals surface area (Å²) in [4.78, 5) is 10.4. The standard InChI is InChI=1S/C10H12N2O4/c1-15-8-3-2-7(12(13)14)9-6(11)4-5-16-10(8)9/h2-3,6H,4-5,11H2,1H3/t6-/m1/s1. The van der Waals surface area contributed by atoms with Crippen LogP contribution >= 0.6 is 0 Å². The molecule has 0 amide bonds. The molecule has 0 spiro atoms. The van der Waals surface area contributed by atoms with E-state index in [0.29, 0.717) is 30.1 Å². The summed E-state index contributed by atoms with van der Waals surface area (Å²) in [5.41, 5.74) is 6.28. The van der Waals surface area contributed by atoms with Crippen LogP contribution in [-0.4, -0.2) is 18.6 Å². The molecular formula is C10H12N2O4. The van der Waals surface area contributed by atoms with Crippen molar-refractivity contribution in [3.05, 3.63) is 27.8 Å². The molecule has 16 heavy (non-hydrogen) atoms. The van der Waals surface area contributed by atoms with Crippen molar-refractivity contribution in [1.29, 1.82) is 0 Å². The Morgan fingerprint density at radius 3 is 3.00 bits per heavy atom. The fourth-order valence-electron chi connectivity index (χ4n) is 1.83. The van der Waals surface area contributed by atoms with Crippen molar-refractivity contribution >= 4 is 5.69 Å². The molecule has 6 nitrogen and oxygen atoms in total. The van der Waals surface area contributed by atoms with Gasteiger partial charge in [0.2, 0.25) is 0 Å². The molecule has 1 aromatic carbocycles. The quantitative estimate of drug-likeness (QED) is 0.605. The number of hydrogen-bond donors (Lipinski definition) is 1. The molecule has 0 saturated carbocycles. The lowest BCUT2D eigenvalue weighted by Crippen LogP contribution is -2.22. The molecule has 1 aliphatic heterocycles. The Hall–Kier alpha value is -1.82. The van der Waals surface area contributed by atoms with Gasteiger partial charge in [-0.25, -0.2) is 0 Å². The highest BCUT2D eigenvalue weighted by atomic mass is 16.6. The summed E-state index contributed by atoms with van der Waals surface area (Å²) in [5, 5.41) is 10.9. The van der Waals surface area contributed by atoms with Gasteiger partial charge in [0.15, 0.2) is 11.5 Å². The minimum Gasteiger partial charge on any atom is -0.493 e. The number of fused-ring (bicyclic) bond motifs is 1. The summed E-state index contributed by atoms with van der Waals surface area (Å²) in [6.45, 7) is 0.450. The lowest BCUT2D eigenvalue weighted by molar-refractivity contribution is -0.385. The van der Waals surface area contributed by atoms with E-state index in [1.165, 1.54) is 19.2 Å². The van der Waals surface area contributed by atoms with E-state index in [-0.39, 0.29) is 11.7 Å². The van der Waals surface area contributed by atoms with Crippen LogP contribution in [0.1, 0.15) is 18.0 Å². The highest BCUT2D eigenvalue weighted by molar-refractivity contribution is 5.59. The smallest absolute Gasteiger partial charge is 0.278 e. The molecule has 1 atom stereocenters. The molecule has 86 valence electrons. The van der Waals surface area contributed by atoms with Gasteiger partial charge in [-0.2, -0.15) is 0 Å². The van der Waals surface area contributed by atoms with Gasteiger partial charge >= 0.3 is 0 Å². The fourth-order valence-corrected chi connectivity index (χ4v) is 1.83. The first-order chi connectivity index (χ1) is 7.65. The first kappa shape index (κ1) is 10.7. The predicted molar refractivity (Wildman–Crippen MR) is 56.7 cm³/mol. The molecule has 0 bridgehead atoms. The average Bonchev–Trinajstić information content (AvgIpc) is 2.28. The van der Waals surface area contributed by atoms with Crippen LogP contribution < -0.4 is 15.2 Å². The third kappa shape index (κ3) is 1.57. The third-order valence-corrected chi connectivity index (χ3v) is 2.60. The molecular weight excluding hydrogens is 212 g/mol. The van der Waals surface area contributed by atoms with E-state index >= 15 is 0 Å². The van der Waals surface area contributed by atoms with Crippen molar-refractivity contribution in [3.63, 3.8) is 0 Å². The number of rotatable bonds is 2. The average molecular weight is 224 g/mol. The number of hydrogen-bond acceptors (Lipinski definition) is 5. The SMILES string of the molecule is COc1ccc([N+](=O)[O-])c2c1OCC[C@H]2N. The van der Waals surface area contributed by atoms with E-state index < -0.39 is 4.92 Å². The van der Waals surface area contributed by atoms with E-state index in [4.69, 9.17) is 15.2 Å². The lowest BCUT2D eigenvalue weighted by Gasteiger charge is -2.24. The minimum absolute atomic E-state index is 0.0111. The van der Waals surface area contributed by atoms with E-state index in [9.17, 15) is 10.1 Å². The summed E-state index contributed by atoms with van der Waals surface area (Å²) >= 11 is 0. The van der Waals surface area contributed by atoms with Crippen molar-refractivity contribution in [1.82, 2.24) is 0 Å². The van der Waals surface area contributed by atoms with E-state index in [1.54, 1.807) is 0 Å². The Morgan fingerprint density at radius 1 is 1.62 bits per heavy atom. The van der Waals surface area contributed by atoms with Crippen LogP contribution in [0.5, 0.6) is 11.5 Å². The summed E-state index contributed by atoms with van der Waals surface area (Å²) < 4.78 is 10.5. The Bertz CT molecular complexity index is 433. The first-order valence-electron chi connectivity index (χ1n) is 4.88. The molecule has 0 unspecified atom stereocenters.